The summed E-state index contributed by atoms with van der Waals surface area (Å²) in [4.78, 5) is 27.9. The van der Waals surface area contributed by atoms with Crippen LogP contribution in [0, 0.1) is 0 Å². The Morgan fingerprint density at radius 2 is 1.79 bits per heavy atom. The second kappa shape index (κ2) is 12.0. The van der Waals surface area contributed by atoms with Gasteiger partial charge in [0.25, 0.3) is 0 Å². The van der Waals surface area contributed by atoms with Gasteiger partial charge in [-0.1, -0.05) is 67.9 Å². The smallest absolute Gasteiger partial charge is 0.242 e. The van der Waals surface area contributed by atoms with Gasteiger partial charge in [0.1, 0.15) is 11.8 Å². The fourth-order valence-corrected chi connectivity index (χ4v) is 3.98. The first-order valence-electron chi connectivity index (χ1n) is 11.7. The van der Waals surface area contributed by atoms with Crippen molar-refractivity contribution in [3.05, 3.63) is 77.9 Å². The minimum absolute atomic E-state index is 0.0381. The number of ether oxygens (including phenoxy) is 1. The molecule has 33 heavy (non-hydrogen) atoms. The fourth-order valence-electron chi connectivity index (χ4n) is 3.98. The molecule has 1 atom stereocenters. The topological polar surface area (TPSA) is 58.6 Å². The molecule has 0 aromatic heterocycles. The second-order valence-electron chi connectivity index (χ2n) is 8.33. The number of nitrogens with one attached hydrogen (secondary N) is 1. The van der Waals surface area contributed by atoms with E-state index in [4.69, 9.17) is 4.74 Å². The molecule has 0 aliphatic heterocycles. The third-order valence-electron chi connectivity index (χ3n) is 5.97. The number of nitrogens with zero attached hydrogens (tertiary/aromatic N) is 1. The molecule has 3 aromatic carbocycles. The molecule has 0 radical (unpaired) electrons. The highest BCUT2D eigenvalue weighted by Crippen LogP contribution is 2.21. The molecule has 0 bridgehead atoms. The Balaban J connectivity index is 1.77. The van der Waals surface area contributed by atoms with E-state index in [2.05, 4.69) is 36.5 Å². The minimum Gasteiger partial charge on any atom is -0.497 e. The van der Waals surface area contributed by atoms with E-state index < -0.39 is 6.04 Å². The largest absolute Gasteiger partial charge is 0.497 e. The fraction of sp³-hybridized carbons (Fsp3) is 0.357. The molecule has 0 aliphatic carbocycles. The van der Waals surface area contributed by atoms with Crippen molar-refractivity contribution in [1.82, 2.24) is 10.2 Å². The lowest BCUT2D eigenvalue weighted by molar-refractivity contribution is -0.140. The monoisotopic (exact) mass is 446 g/mol. The van der Waals surface area contributed by atoms with E-state index in [1.165, 1.54) is 5.39 Å². The van der Waals surface area contributed by atoms with Crippen LogP contribution in [0.25, 0.3) is 10.8 Å². The second-order valence-corrected chi connectivity index (χ2v) is 8.33. The first-order chi connectivity index (χ1) is 16.0. The predicted molar refractivity (Wildman–Crippen MR) is 133 cm³/mol. The van der Waals surface area contributed by atoms with Gasteiger partial charge < -0.3 is 15.0 Å². The zero-order valence-electron chi connectivity index (χ0n) is 19.8. The van der Waals surface area contributed by atoms with Gasteiger partial charge in [-0.3, -0.25) is 9.59 Å². The lowest BCUT2D eigenvalue weighted by Gasteiger charge is -2.29. The molecule has 0 aliphatic rings. The number of fused-ring (bicyclic) bond motifs is 1. The molecule has 5 heteroatoms. The van der Waals surface area contributed by atoms with E-state index >= 15 is 0 Å². The molecule has 5 nitrogen and oxygen atoms in total. The van der Waals surface area contributed by atoms with Crippen LogP contribution in [0.1, 0.15) is 44.2 Å². The van der Waals surface area contributed by atoms with Crippen LogP contribution < -0.4 is 10.1 Å². The summed E-state index contributed by atoms with van der Waals surface area (Å²) in [7, 11) is 1.62. The molecule has 174 valence electrons. The molecule has 1 N–H and O–H groups in total. The molecule has 0 saturated heterocycles. The summed E-state index contributed by atoms with van der Waals surface area (Å²) >= 11 is 0. The molecule has 0 unspecified atom stereocenters. The van der Waals surface area contributed by atoms with Gasteiger partial charge in [0, 0.05) is 19.5 Å². The van der Waals surface area contributed by atoms with Crippen molar-refractivity contribution < 1.29 is 14.3 Å². The Kier molecular flexibility index (Phi) is 8.87. The van der Waals surface area contributed by atoms with E-state index in [0.29, 0.717) is 25.9 Å². The lowest BCUT2D eigenvalue weighted by Crippen LogP contribution is -2.47. The number of carbonyl (C=O) groups is 2. The third-order valence-corrected chi connectivity index (χ3v) is 5.97. The highest BCUT2D eigenvalue weighted by molar-refractivity contribution is 5.88. The van der Waals surface area contributed by atoms with Crippen LogP contribution in [-0.4, -0.2) is 36.4 Å². The number of amides is 2. The maximum Gasteiger partial charge on any atom is 0.242 e. The van der Waals surface area contributed by atoms with Crippen molar-refractivity contribution in [1.29, 1.82) is 0 Å². The number of aryl methyl sites for hydroxylation is 1. The minimum atomic E-state index is -0.562. The molecule has 0 heterocycles. The zero-order valence-corrected chi connectivity index (χ0v) is 19.8. The van der Waals surface area contributed by atoms with E-state index in [1.807, 2.05) is 42.5 Å². The van der Waals surface area contributed by atoms with Gasteiger partial charge in [-0.2, -0.15) is 0 Å². The maximum absolute atomic E-state index is 13.4. The predicted octanol–water partition coefficient (Wildman–Crippen LogP) is 5.11. The van der Waals surface area contributed by atoms with Crippen LogP contribution in [0.3, 0.4) is 0 Å². The van der Waals surface area contributed by atoms with Gasteiger partial charge >= 0.3 is 0 Å². The van der Waals surface area contributed by atoms with Gasteiger partial charge in [-0.25, -0.2) is 0 Å². The Labute approximate surface area is 196 Å². The standard InChI is InChI=1S/C28H34N2O3/c1-4-5-18-29-28(32)21(2)30(20-22-10-8-14-25(19-22)33-3)27(31)17-16-24-13-9-12-23-11-6-7-15-26(23)24/h6-15,19,21H,4-5,16-18,20H2,1-3H3,(H,29,32)/t21-/m1/s1. The van der Waals surface area contributed by atoms with E-state index in [0.717, 1.165) is 35.1 Å². The molecule has 2 amide bonds. The average molecular weight is 447 g/mol. The molecular weight excluding hydrogens is 412 g/mol. The van der Waals surface area contributed by atoms with E-state index in [1.54, 1.807) is 18.9 Å². The van der Waals surface area contributed by atoms with Crippen LogP contribution in [-0.2, 0) is 22.6 Å². The first kappa shape index (κ1) is 24.3. The Bertz CT molecular complexity index is 1070. The number of hydrogen-bond acceptors (Lipinski definition) is 3. The molecular formula is C28H34N2O3. The van der Waals surface area contributed by atoms with Crippen molar-refractivity contribution in [3.63, 3.8) is 0 Å². The Morgan fingerprint density at radius 3 is 2.58 bits per heavy atom. The molecule has 0 saturated carbocycles. The van der Waals surface area contributed by atoms with Crippen LogP contribution in [0.5, 0.6) is 5.75 Å². The van der Waals surface area contributed by atoms with Gasteiger partial charge in [0.2, 0.25) is 11.8 Å². The van der Waals surface area contributed by atoms with Crippen molar-refractivity contribution in [2.75, 3.05) is 13.7 Å². The van der Waals surface area contributed by atoms with Crippen LogP contribution in [0.15, 0.2) is 66.7 Å². The molecule has 3 aromatic rings. The maximum atomic E-state index is 13.4. The van der Waals surface area contributed by atoms with Crippen LogP contribution in [0.2, 0.25) is 0 Å². The average Bonchev–Trinajstić information content (AvgIpc) is 2.85. The summed E-state index contributed by atoms with van der Waals surface area (Å²) in [6.45, 7) is 4.86. The highest BCUT2D eigenvalue weighted by Gasteiger charge is 2.26. The van der Waals surface area contributed by atoms with Crippen molar-refractivity contribution in [3.8, 4) is 5.75 Å². The van der Waals surface area contributed by atoms with E-state index in [9.17, 15) is 9.59 Å². The highest BCUT2D eigenvalue weighted by atomic mass is 16.5. The SMILES string of the molecule is CCCCNC(=O)[C@@H](C)N(Cc1cccc(OC)c1)C(=O)CCc1cccc2ccccc12. The number of rotatable bonds is 11. The first-order valence-corrected chi connectivity index (χ1v) is 11.7. The summed E-state index contributed by atoms with van der Waals surface area (Å²) in [6.07, 6.45) is 2.89. The van der Waals surface area contributed by atoms with Crippen LogP contribution >= 0.6 is 0 Å². The summed E-state index contributed by atoms with van der Waals surface area (Å²) in [5.74, 6) is 0.574. The Morgan fingerprint density at radius 1 is 1.03 bits per heavy atom. The van der Waals surface area contributed by atoms with Crippen molar-refractivity contribution >= 4 is 22.6 Å². The summed E-state index contributed by atoms with van der Waals surface area (Å²) in [5.41, 5.74) is 2.07. The lowest BCUT2D eigenvalue weighted by atomic mass is 10.0. The third kappa shape index (κ3) is 6.58. The summed E-state index contributed by atoms with van der Waals surface area (Å²) in [6, 6.07) is 21.5. The zero-order chi connectivity index (χ0) is 23.6. The van der Waals surface area contributed by atoms with Crippen molar-refractivity contribution in [2.24, 2.45) is 0 Å². The number of benzene rings is 3. The van der Waals surface area contributed by atoms with E-state index in [-0.39, 0.29) is 11.8 Å². The molecule has 0 spiro atoms. The number of unbranched alkanes of at least 4 members (excludes halogenated alkanes) is 1. The van der Waals surface area contributed by atoms with Gasteiger partial charge in [0.15, 0.2) is 0 Å². The molecule has 3 rings (SSSR count). The van der Waals surface area contributed by atoms with Gasteiger partial charge in [-0.15, -0.1) is 0 Å². The van der Waals surface area contributed by atoms with Crippen LogP contribution in [0.4, 0.5) is 0 Å². The quantitative estimate of drug-likeness (QED) is 0.416. The normalized spacial score (nSPS) is 11.7. The van der Waals surface area contributed by atoms with Crippen molar-refractivity contribution in [2.45, 2.75) is 52.1 Å². The Hall–Kier alpha value is -3.34. The molecule has 0 fully saturated rings. The number of carbonyl (C=O) groups excluding carboxylic acids is 2. The van der Waals surface area contributed by atoms with Gasteiger partial charge in [0.05, 0.1) is 7.11 Å². The summed E-state index contributed by atoms with van der Waals surface area (Å²) in [5, 5.41) is 5.30. The number of hydrogen-bond donors (Lipinski definition) is 1. The van der Waals surface area contributed by atoms with Gasteiger partial charge in [-0.05, 0) is 53.8 Å². The number of methoxy groups -OCH3 is 1. The summed E-state index contributed by atoms with van der Waals surface area (Å²) < 4.78 is 5.33.